The first-order valence-electron chi connectivity index (χ1n) is 9.10. The van der Waals surface area contributed by atoms with E-state index in [1.165, 1.54) is 11.8 Å². The summed E-state index contributed by atoms with van der Waals surface area (Å²) >= 11 is 1.45. The maximum Gasteiger partial charge on any atom is 0.191 e. The molecule has 1 fully saturated rings. The summed E-state index contributed by atoms with van der Waals surface area (Å²) in [5, 5.41) is 3.62. The number of ketones is 1. The number of nitrogen functional groups attached to an aromatic ring is 1. The summed E-state index contributed by atoms with van der Waals surface area (Å²) in [5.74, 6) is 2.71. The van der Waals surface area contributed by atoms with E-state index in [4.69, 9.17) is 15.2 Å². The molecule has 3 N–H and O–H groups in total. The number of nitrogens with one attached hydrogen (secondary N) is 1. The zero-order valence-electron chi connectivity index (χ0n) is 16.1. The maximum absolute atomic E-state index is 12.4. The fourth-order valence-corrected chi connectivity index (χ4v) is 3.64. The number of carbonyl (C=O) groups excluding carboxylic acids is 1. The first-order chi connectivity index (χ1) is 13.6. The van der Waals surface area contributed by atoms with Crippen LogP contribution in [0.4, 0.5) is 17.3 Å². The minimum Gasteiger partial charge on any atom is -0.497 e. The van der Waals surface area contributed by atoms with E-state index in [0.29, 0.717) is 53.4 Å². The molecule has 0 unspecified atom stereocenters. The smallest absolute Gasteiger partial charge is 0.191 e. The first-order valence-corrected chi connectivity index (χ1v) is 10.1. The molecule has 0 saturated carbocycles. The van der Waals surface area contributed by atoms with Gasteiger partial charge in [0.25, 0.3) is 0 Å². The third-order valence-electron chi connectivity index (χ3n) is 4.42. The van der Waals surface area contributed by atoms with Gasteiger partial charge in [0.1, 0.15) is 11.4 Å². The van der Waals surface area contributed by atoms with Crippen molar-refractivity contribution in [3.8, 4) is 5.75 Å². The van der Waals surface area contributed by atoms with E-state index in [1.54, 1.807) is 38.4 Å². The van der Waals surface area contributed by atoms with Crippen molar-refractivity contribution in [1.82, 2.24) is 9.97 Å². The van der Waals surface area contributed by atoms with Gasteiger partial charge < -0.3 is 25.4 Å². The van der Waals surface area contributed by atoms with E-state index in [1.807, 2.05) is 0 Å². The Bertz CT molecular complexity index is 810. The largest absolute Gasteiger partial charge is 0.497 e. The van der Waals surface area contributed by atoms with Crippen molar-refractivity contribution in [3.63, 3.8) is 0 Å². The second-order valence-corrected chi connectivity index (χ2v) is 7.25. The summed E-state index contributed by atoms with van der Waals surface area (Å²) in [7, 11) is 3.38. The van der Waals surface area contributed by atoms with Gasteiger partial charge in [0.2, 0.25) is 0 Å². The Hall–Kier alpha value is -2.52. The zero-order valence-corrected chi connectivity index (χ0v) is 16.9. The molecular weight excluding hydrogens is 378 g/mol. The number of nitrogens with two attached hydrogens (primary N) is 1. The average molecular weight is 404 g/mol. The van der Waals surface area contributed by atoms with Crippen LogP contribution in [0.15, 0.2) is 29.4 Å². The van der Waals surface area contributed by atoms with Crippen LogP contribution in [0, 0.1) is 0 Å². The molecule has 2 heterocycles. The number of anilines is 3. The van der Waals surface area contributed by atoms with Crippen LogP contribution in [-0.4, -0.2) is 62.0 Å². The van der Waals surface area contributed by atoms with Crippen LogP contribution in [0.3, 0.4) is 0 Å². The van der Waals surface area contributed by atoms with E-state index in [2.05, 4.69) is 20.2 Å². The molecule has 28 heavy (non-hydrogen) atoms. The SMILES string of the molecule is CNc1nc(SCCC(=O)c2ccc(OC)cc2)nc(N2CCOCC2)c1N. The lowest BCUT2D eigenvalue weighted by atomic mass is 10.1. The Balaban J connectivity index is 1.65. The van der Waals surface area contributed by atoms with Crippen molar-refractivity contribution in [1.29, 1.82) is 0 Å². The summed E-state index contributed by atoms with van der Waals surface area (Å²) in [5.41, 5.74) is 7.43. The molecule has 2 aromatic rings. The Morgan fingerprint density at radius 1 is 1.29 bits per heavy atom. The molecule has 1 aliphatic heterocycles. The number of hydrogen-bond donors (Lipinski definition) is 2. The van der Waals surface area contributed by atoms with Gasteiger partial charge in [0, 0.05) is 37.9 Å². The topological polar surface area (TPSA) is 103 Å². The van der Waals surface area contributed by atoms with Crippen LogP contribution in [0.1, 0.15) is 16.8 Å². The van der Waals surface area contributed by atoms with Gasteiger partial charge in [-0.2, -0.15) is 0 Å². The number of aromatic nitrogens is 2. The number of thioether (sulfide) groups is 1. The lowest BCUT2D eigenvalue weighted by Gasteiger charge is -2.29. The van der Waals surface area contributed by atoms with Gasteiger partial charge >= 0.3 is 0 Å². The van der Waals surface area contributed by atoms with Gasteiger partial charge in [-0.1, -0.05) is 11.8 Å². The van der Waals surface area contributed by atoms with Crippen LogP contribution in [0.2, 0.25) is 0 Å². The Labute approximate surface area is 168 Å². The van der Waals surface area contributed by atoms with Crippen molar-refractivity contribution < 1.29 is 14.3 Å². The van der Waals surface area contributed by atoms with Crippen LogP contribution >= 0.6 is 11.8 Å². The summed E-state index contributed by atoms with van der Waals surface area (Å²) < 4.78 is 10.5. The molecule has 0 aliphatic carbocycles. The highest BCUT2D eigenvalue weighted by molar-refractivity contribution is 7.99. The summed E-state index contributed by atoms with van der Waals surface area (Å²) in [6.45, 7) is 2.78. The number of benzene rings is 1. The van der Waals surface area contributed by atoms with Gasteiger partial charge in [-0.05, 0) is 24.3 Å². The second-order valence-electron chi connectivity index (χ2n) is 6.19. The Morgan fingerprint density at radius 2 is 2.00 bits per heavy atom. The third-order valence-corrected chi connectivity index (χ3v) is 5.27. The van der Waals surface area contributed by atoms with Gasteiger partial charge in [-0.3, -0.25) is 4.79 Å². The highest BCUT2D eigenvalue weighted by Gasteiger charge is 2.19. The van der Waals surface area contributed by atoms with Crippen molar-refractivity contribution in [2.75, 3.05) is 62.2 Å². The van der Waals surface area contributed by atoms with Gasteiger partial charge in [0.15, 0.2) is 22.6 Å². The summed E-state index contributed by atoms with van der Waals surface area (Å²) in [4.78, 5) is 23.6. The molecule has 0 bridgehead atoms. The molecule has 0 atom stereocenters. The fraction of sp³-hybridized carbons (Fsp3) is 0.421. The molecule has 150 valence electrons. The van der Waals surface area contributed by atoms with Gasteiger partial charge in [0.05, 0.1) is 20.3 Å². The monoisotopic (exact) mass is 403 g/mol. The standard InChI is InChI=1S/C19H25N5O3S/c1-21-17-16(20)18(24-8-10-27-11-9-24)23-19(22-17)28-12-7-15(25)13-3-5-14(26-2)6-4-13/h3-6H,7-12,20H2,1-2H3,(H,21,22,23). The minimum atomic E-state index is 0.0767. The van der Waals surface area contributed by atoms with Crippen LogP contribution in [-0.2, 0) is 4.74 Å². The molecule has 8 nitrogen and oxygen atoms in total. The number of Topliss-reactive ketones (excluding diaryl/α,β-unsaturated/α-hetero) is 1. The number of morpholine rings is 1. The van der Waals surface area contributed by atoms with E-state index >= 15 is 0 Å². The number of ether oxygens (including phenoxy) is 2. The van der Waals surface area contributed by atoms with E-state index in [9.17, 15) is 4.79 Å². The lowest BCUT2D eigenvalue weighted by Crippen LogP contribution is -2.37. The van der Waals surface area contributed by atoms with E-state index < -0.39 is 0 Å². The van der Waals surface area contributed by atoms with Crippen molar-refractivity contribution >= 4 is 34.9 Å². The highest BCUT2D eigenvalue weighted by atomic mass is 32.2. The normalized spacial score (nSPS) is 14.0. The number of carbonyl (C=O) groups is 1. The van der Waals surface area contributed by atoms with Crippen molar-refractivity contribution in [3.05, 3.63) is 29.8 Å². The number of nitrogens with zero attached hydrogens (tertiary/aromatic N) is 3. The fourth-order valence-electron chi connectivity index (χ4n) is 2.87. The molecular formula is C19H25N5O3S. The quantitative estimate of drug-likeness (QED) is 0.390. The van der Waals surface area contributed by atoms with Crippen molar-refractivity contribution in [2.45, 2.75) is 11.6 Å². The zero-order chi connectivity index (χ0) is 19.9. The average Bonchev–Trinajstić information content (AvgIpc) is 2.75. The molecule has 0 spiro atoms. The number of rotatable bonds is 8. The van der Waals surface area contributed by atoms with Gasteiger partial charge in [-0.15, -0.1) is 0 Å². The van der Waals surface area contributed by atoms with Crippen LogP contribution in [0.25, 0.3) is 0 Å². The molecule has 3 rings (SSSR count). The maximum atomic E-state index is 12.4. The molecule has 1 aromatic carbocycles. The molecule has 0 radical (unpaired) electrons. The van der Waals surface area contributed by atoms with Crippen LogP contribution in [0.5, 0.6) is 5.75 Å². The second kappa shape index (κ2) is 9.61. The van der Waals surface area contributed by atoms with Gasteiger partial charge in [-0.25, -0.2) is 9.97 Å². The molecule has 0 amide bonds. The third kappa shape index (κ3) is 4.85. The predicted molar refractivity (Wildman–Crippen MR) is 112 cm³/mol. The molecule has 1 aromatic heterocycles. The minimum absolute atomic E-state index is 0.0767. The first kappa shape index (κ1) is 20.2. The number of hydrogen-bond acceptors (Lipinski definition) is 9. The molecule has 1 saturated heterocycles. The summed E-state index contributed by atoms with van der Waals surface area (Å²) in [6, 6.07) is 7.14. The van der Waals surface area contributed by atoms with Crippen LogP contribution < -0.4 is 20.7 Å². The summed E-state index contributed by atoms with van der Waals surface area (Å²) in [6.07, 6.45) is 0.395. The van der Waals surface area contributed by atoms with Crippen molar-refractivity contribution in [2.24, 2.45) is 0 Å². The predicted octanol–water partition coefficient (Wildman–Crippen LogP) is 2.31. The lowest BCUT2D eigenvalue weighted by molar-refractivity contribution is 0.0989. The number of methoxy groups -OCH3 is 1. The van der Waals surface area contributed by atoms with E-state index in [0.717, 1.165) is 18.8 Å². The van der Waals surface area contributed by atoms with E-state index in [-0.39, 0.29) is 5.78 Å². The molecule has 9 heteroatoms. The highest BCUT2D eigenvalue weighted by Crippen LogP contribution is 2.30. The molecule has 1 aliphatic rings. The Morgan fingerprint density at radius 3 is 2.64 bits per heavy atom. The Kier molecular flexibility index (Phi) is 6.94.